The molecule has 0 spiro atoms. The molecule has 1 aliphatic rings. The number of hydrogen-bond donors (Lipinski definition) is 1. The summed E-state index contributed by atoms with van der Waals surface area (Å²) >= 11 is 0. The molecular formula is C14H16F2O2. The maximum Gasteiger partial charge on any atom is 0.309 e. The van der Waals surface area contributed by atoms with Gasteiger partial charge in [0.25, 0.3) is 0 Å². The van der Waals surface area contributed by atoms with Crippen LogP contribution in [-0.2, 0) is 11.2 Å². The highest BCUT2D eigenvalue weighted by Gasteiger charge is 2.40. The molecule has 0 radical (unpaired) electrons. The summed E-state index contributed by atoms with van der Waals surface area (Å²) in [6, 6.07) is 3.65. The summed E-state index contributed by atoms with van der Waals surface area (Å²) in [4.78, 5) is 11.5. The van der Waals surface area contributed by atoms with Crippen LogP contribution in [0.15, 0.2) is 18.2 Å². The standard InChI is InChI=1S/C14H16F2O2/c15-11-5-4-6-12(16)10(11)9-14(13(17)18)7-2-1-3-8-14/h4-6H,1-3,7-9H2,(H,17,18). The van der Waals surface area contributed by atoms with E-state index in [4.69, 9.17) is 0 Å². The molecular weight excluding hydrogens is 238 g/mol. The van der Waals surface area contributed by atoms with Crippen molar-refractivity contribution in [3.8, 4) is 0 Å². The molecule has 0 aromatic heterocycles. The minimum atomic E-state index is -0.999. The largest absolute Gasteiger partial charge is 0.481 e. The van der Waals surface area contributed by atoms with Gasteiger partial charge in [0.1, 0.15) is 11.6 Å². The first-order chi connectivity index (χ1) is 8.55. The van der Waals surface area contributed by atoms with Crippen molar-refractivity contribution < 1.29 is 18.7 Å². The van der Waals surface area contributed by atoms with Crippen LogP contribution in [0.25, 0.3) is 0 Å². The molecule has 0 saturated heterocycles. The van der Waals surface area contributed by atoms with Gasteiger partial charge in [-0.15, -0.1) is 0 Å². The Morgan fingerprint density at radius 3 is 2.22 bits per heavy atom. The topological polar surface area (TPSA) is 37.3 Å². The maximum absolute atomic E-state index is 13.6. The molecule has 1 aromatic rings. The first-order valence-corrected chi connectivity index (χ1v) is 6.21. The lowest BCUT2D eigenvalue weighted by atomic mass is 9.70. The Morgan fingerprint density at radius 2 is 1.72 bits per heavy atom. The molecule has 0 bridgehead atoms. The Hall–Kier alpha value is -1.45. The third-order valence-electron chi connectivity index (χ3n) is 3.84. The van der Waals surface area contributed by atoms with E-state index in [1.165, 1.54) is 18.2 Å². The smallest absolute Gasteiger partial charge is 0.309 e. The van der Waals surface area contributed by atoms with Crippen LogP contribution in [0.4, 0.5) is 8.78 Å². The Kier molecular flexibility index (Phi) is 3.64. The monoisotopic (exact) mass is 254 g/mol. The molecule has 2 rings (SSSR count). The van der Waals surface area contributed by atoms with Crippen LogP contribution in [0, 0.1) is 17.0 Å². The summed E-state index contributed by atoms with van der Waals surface area (Å²) in [5, 5.41) is 9.39. The van der Waals surface area contributed by atoms with E-state index in [1.807, 2.05) is 0 Å². The van der Waals surface area contributed by atoms with E-state index in [1.54, 1.807) is 0 Å². The average Bonchev–Trinajstić information content (AvgIpc) is 2.35. The molecule has 4 heteroatoms. The predicted molar refractivity (Wildman–Crippen MR) is 63.2 cm³/mol. The second kappa shape index (κ2) is 5.04. The van der Waals surface area contributed by atoms with E-state index in [-0.39, 0.29) is 12.0 Å². The first-order valence-electron chi connectivity index (χ1n) is 6.21. The Labute approximate surface area is 105 Å². The fraction of sp³-hybridized carbons (Fsp3) is 0.500. The summed E-state index contributed by atoms with van der Waals surface area (Å²) in [6.07, 6.45) is 3.55. The van der Waals surface area contributed by atoms with E-state index in [0.29, 0.717) is 12.8 Å². The highest BCUT2D eigenvalue weighted by Crippen LogP contribution is 2.40. The lowest BCUT2D eigenvalue weighted by Gasteiger charge is -2.33. The normalized spacial score (nSPS) is 18.6. The number of carboxylic acids is 1. The summed E-state index contributed by atoms with van der Waals surface area (Å²) in [5.74, 6) is -2.24. The zero-order valence-electron chi connectivity index (χ0n) is 10.1. The highest BCUT2D eigenvalue weighted by molar-refractivity contribution is 5.75. The molecule has 0 amide bonds. The molecule has 0 aliphatic heterocycles. The molecule has 1 aliphatic carbocycles. The highest BCUT2D eigenvalue weighted by atomic mass is 19.1. The second-order valence-corrected chi connectivity index (χ2v) is 5.02. The summed E-state index contributed by atoms with van der Waals surface area (Å²) in [5.41, 5.74) is -1.09. The quantitative estimate of drug-likeness (QED) is 0.895. The fourth-order valence-electron chi connectivity index (χ4n) is 2.73. The number of carbonyl (C=O) groups is 1. The van der Waals surface area contributed by atoms with Crippen molar-refractivity contribution in [3.63, 3.8) is 0 Å². The number of carboxylic acid groups (broad SMARTS) is 1. The minimum Gasteiger partial charge on any atom is -0.481 e. The Balaban J connectivity index is 2.32. The van der Waals surface area contributed by atoms with Gasteiger partial charge in [0.05, 0.1) is 5.41 Å². The molecule has 0 atom stereocenters. The van der Waals surface area contributed by atoms with Crippen molar-refractivity contribution in [3.05, 3.63) is 35.4 Å². The fourth-order valence-corrected chi connectivity index (χ4v) is 2.73. The van der Waals surface area contributed by atoms with E-state index in [0.717, 1.165) is 19.3 Å². The predicted octanol–water partition coefficient (Wildman–Crippen LogP) is 3.54. The van der Waals surface area contributed by atoms with Crippen molar-refractivity contribution in [2.45, 2.75) is 38.5 Å². The molecule has 0 unspecified atom stereocenters. The van der Waals surface area contributed by atoms with Crippen LogP contribution in [0.2, 0.25) is 0 Å². The van der Waals surface area contributed by atoms with Crippen molar-refractivity contribution in [1.82, 2.24) is 0 Å². The summed E-state index contributed by atoms with van der Waals surface area (Å²) in [7, 11) is 0. The first kappa shape index (κ1) is 13.0. The van der Waals surface area contributed by atoms with Gasteiger partial charge in [-0.05, 0) is 31.4 Å². The maximum atomic E-state index is 13.6. The minimum absolute atomic E-state index is 0.0547. The molecule has 2 nitrogen and oxygen atoms in total. The third-order valence-corrected chi connectivity index (χ3v) is 3.84. The van der Waals surface area contributed by atoms with Crippen LogP contribution < -0.4 is 0 Å². The molecule has 1 aromatic carbocycles. The Morgan fingerprint density at radius 1 is 1.17 bits per heavy atom. The van der Waals surface area contributed by atoms with E-state index >= 15 is 0 Å². The van der Waals surface area contributed by atoms with E-state index in [2.05, 4.69) is 0 Å². The lowest BCUT2D eigenvalue weighted by molar-refractivity contribution is -0.151. The number of benzene rings is 1. The molecule has 18 heavy (non-hydrogen) atoms. The van der Waals surface area contributed by atoms with E-state index < -0.39 is 23.0 Å². The van der Waals surface area contributed by atoms with Crippen LogP contribution in [0.5, 0.6) is 0 Å². The van der Waals surface area contributed by atoms with Gasteiger partial charge in [0.2, 0.25) is 0 Å². The van der Waals surface area contributed by atoms with Crippen LogP contribution in [0.3, 0.4) is 0 Å². The van der Waals surface area contributed by atoms with E-state index in [9.17, 15) is 18.7 Å². The van der Waals surface area contributed by atoms with Gasteiger partial charge < -0.3 is 5.11 Å². The van der Waals surface area contributed by atoms with Gasteiger partial charge in [-0.2, -0.15) is 0 Å². The summed E-state index contributed by atoms with van der Waals surface area (Å²) < 4.78 is 27.2. The zero-order chi connectivity index (χ0) is 13.2. The van der Waals surface area contributed by atoms with Crippen molar-refractivity contribution in [1.29, 1.82) is 0 Å². The lowest BCUT2D eigenvalue weighted by Crippen LogP contribution is -2.36. The molecule has 1 fully saturated rings. The van der Waals surface area contributed by atoms with Crippen molar-refractivity contribution in [2.24, 2.45) is 5.41 Å². The molecule has 0 heterocycles. The number of hydrogen-bond acceptors (Lipinski definition) is 1. The van der Waals surface area contributed by atoms with Crippen molar-refractivity contribution in [2.75, 3.05) is 0 Å². The Bertz CT molecular complexity index is 431. The van der Waals surface area contributed by atoms with Crippen LogP contribution in [-0.4, -0.2) is 11.1 Å². The molecule has 1 N–H and O–H groups in total. The molecule has 1 saturated carbocycles. The average molecular weight is 254 g/mol. The van der Waals surface area contributed by atoms with Crippen LogP contribution in [0.1, 0.15) is 37.7 Å². The third kappa shape index (κ3) is 2.37. The van der Waals surface area contributed by atoms with Crippen molar-refractivity contribution >= 4 is 5.97 Å². The van der Waals surface area contributed by atoms with Gasteiger partial charge in [-0.3, -0.25) is 4.79 Å². The van der Waals surface area contributed by atoms with Gasteiger partial charge in [-0.1, -0.05) is 25.3 Å². The number of rotatable bonds is 3. The second-order valence-electron chi connectivity index (χ2n) is 5.02. The summed E-state index contributed by atoms with van der Waals surface area (Å²) in [6.45, 7) is 0. The number of halogens is 2. The number of aliphatic carboxylic acids is 1. The van der Waals surface area contributed by atoms with Crippen LogP contribution >= 0.6 is 0 Å². The van der Waals surface area contributed by atoms with Gasteiger partial charge in [-0.25, -0.2) is 8.78 Å². The van der Waals surface area contributed by atoms with Gasteiger partial charge >= 0.3 is 5.97 Å². The zero-order valence-corrected chi connectivity index (χ0v) is 10.1. The SMILES string of the molecule is O=C(O)C1(Cc2c(F)cccc2F)CCCCC1. The van der Waals surface area contributed by atoms with Gasteiger partial charge in [0.15, 0.2) is 0 Å². The van der Waals surface area contributed by atoms with Gasteiger partial charge in [0, 0.05) is 5.56 Å². The molecule has 98 valence electrons.